The minimum absolute atomic E-state index is 0.727. The summed E-state index contributed by atoms with van der Waals surface area (Å²) in [6.07, 6.45) is 0. The van der Waals surface area contributed by atoms with E-state index < -0.39 is 0 Å². The second-order valence-corrected chi connectivity index (χ2v) is 3.09. The van der Waals surface area contributed by atoms with Crippen molar-refractivity contribution in [3.8, 4) is 0 Å². The third-order valence-electron chi connectivity index (χ3n) is 2.15. The topological polar surface area (TPSA) is 12.0 Å². The molecule has 0 saturated carbocycles. The highest BCUT2D eigenvalue weighted by atomic mass is 14.9. The van der Waals surface area contributed by atoms with Crippen LogP contribution in [0.4, 0.5) is 0 Å². The van der Waals surface area contributed by atoms with Crippen molar-refractivity contribution >= 4 is 0 Å². The lowest BCUT2D eigenvalue weighted by molar-refractivity contribution is 0.519. The van der Waals surface area contributed by atoms with E-state index >= 15 is 0 Å². The van der Waals surface area contributed by atoms with Crippen molar-refractivity contribution in [2.75, 3.05) is 13.1 Å². The van der Waals surface area contributed by atoms with E-state index in [2.05, 4.69) is 25.7 Å². The zero-order valence-electron chi connectivity index (χ0n) is 6.28. The summed E-state index contributed by atoms with van der Waals surface area (Å²) >= 11 is 0. The zero-order chi connectivity index (χ0) is 6.85. The van der Waals surface area contributed by atoms with Crippen LogP contribution >= 0.6 is 0 Å². The Morgan fingerprint density at radius 1 is 1.56 bits per heavy atom. The Labute approximate surface area is 57.1 Å². The van der Waals surface area contributed by atoms with Gasteiger partial charge in [0.2, 0.25) is 0 Å². The Morgan fingerprint density at radius 3 is 2.44 bits per heavy atom. The van der Waals surface area contributed by atoms with E-state index in [1.165, 1.54) is 5.57 Å². The van der Waals surface area contributed by atoms with Crippen LogP contribution < -0.4 is 5.32 Å². The van der Waals surface area contributed by atoms with Gasteiger partial charge in [0.1, 0.15) is 0 Å². The van der Waals surface area contributed by atoms with Crippen LogP contribution in [-0.4, -0.2) is 13.1 Å². The highest BCUT2D eigenvalue weighted by molar-refractivity contribution is 5.02. The van der Waals surface area contributed by atoms with Gasteiger partial charge in [-0.3, -0.25) is 0 Å². The van der Waals surface area contributed by atoms with E-state index in [1.807, 2.05) is 0 Å². The van der Waals surface area contributed by atoms with Gasteiger partial charge in [-0.05, 0) is 25.3 Å². The van der Waals surface area contributed by atoms with Gasteiger partial charge in [0, 0.05) is 6.54 Å². The number of rotatable bonds is 1. The molecule has 0 aliphatic carbocycles. The van der Waals surface area contributed by atoms with E-state index in [0.29, 0.717) is 0 Å². The van der Waals surface area contributed by atoms with Crippen molar-refractivity contribution in [1.82, 2.24) is 5.32 Å². The van der Waals surface area contributed by atoms with E-state index in [4.69, 9.17) is 0 Å². The minimum atomic E-state index is 0.727. The van der Waals surface area contributed by atoms with Gasteiger partial charge in [-0.25, -0.2) is 0 Å². The lowest BCUT2D eigenvalue weighted by Gasteiger charge is -2.12. The third kappa shape index (κ3) is 1.33. The standard InChI is InChI=1S/C8H15N/c1-6(2)8-5-9-4-7(8)3/h7-9H,1,4-5H2,2-3H3. The second-order valence-electron chi connectivity index (χ2n) is 3.09. The van der Waals surface area contributed by atoms with Gasteiger partial charge in [0.15, 0.2) is 0 Å². The molecule has 0 aromatic carbocycles. The highest BCUT2D eigenvalue weighted by Crippen LogP contribution is 2.21. The van der Waals surface area contributed by atoms with Crippen LogP contribution in [0, 0.1) is 11.8 Å². The monoisotopic (exact) mass is 125 g/mol. The van der Waals surface area contributed by atoms with E-state index in [0.717, 1.165) is 24.9 Å². The molecule has 1 aliphatic rings. The molecular weight excluding hydrogens is 110 g/mol. The van der Waals surface area contributed by atoms with Crippen LogP contribution in [0.3, 0.4) is 0 Å². The summed E-state index contributed by atoms with van der Waals surface area (Å²) < 4.78 is 0. The van der Waals surface area contributed by atoms with Gasteiger partial charge in [-0.15, -0.1) is 0 Å². The fourth-order valence-corrected chi connectivity index (χ4v) is 1.47. The van der Waals surface area contributed by atoms with Crippen molar-refractivity contribution in [3.63, 3.8) is 0 Å². The minimum Gasteiger partial charge on any atom is -0.316 e. The summed E-state index contributed by atoms with van der Waals surface area (Å²) in [5.74, 6) is 1.52. The predicted molar refractivity (Wildman–Crippen MR) is 40.3 cm³/mol. The molecule has 1 heteroatoms. The Hall–Kier alpha value is -0.300. The molecule has 9 heavy (non-hydrogen) atoms. The zero-order valence-corrected chi connectivity index (χ0v) is 6.28. The third-order valence-corrected chi connectivity index (χ3v) is 2.15. The molecule has 1 fully saturated rings. The molecule has 1 saturated heterocycles. The van der Waals surface area contributed by atoms with Crippen LogP contribution in [0.15, 0.2) is 12.2 Å². The normalized spacial score (nSPS) is 34.9. The lowest BCUT2D eigenvalue weighted by Crippen LogP contribution is -2.09. The van der Waals surface area contributed by atoms with Gasteiger partial charge in [-0.2, -0.15) is 0 Å². The first kappa shape index (κ1) is 6.81. The molecule has 0 aromatic heterocycles. The Bertz CT molecular complexity index is 118. The van der Waals surface area contributed by atoms with Crippen LogP contribution in [0.5, 0.6) is 0 Å². The molecule has 2 unspecified atom stereocenters. The fourth-order valence-electron chi connectivity index (χ4n) is 1.47. The van der Waals surface area contributed by atoms with Gasteiger partial charge in [-0.1, -0.05) is 19.1 Å². The molecule has 0 radical (unpaired) electrons. The predicted octanol–water partition coefficient (Wildman–Crippen LogP) is 1.42. The molecule has 2 atom stereocenters. The first-order valence-corrected chi connectivity index (χ1v) is 3.58. The highest BCUT2D eigenvalue weighted by Gasteiger charge is 2.22. The van der Waals surface area contributed by atoms with Crippen molar-refractivity contribution < 1.29 is 0 Å². The first-order chi connectivity index (χ1) is 4.22. The van der Waals surface area contributed by atoms with Crippen molar-refractivity contribution in [1.29, 1.82) is 0 Å². The summed E-state index contributed by atoms with van der Waals surface area (Å²) in [5.41, 5.74) is 1.33. The van der Waals surface area contributed by atoms with Gasteiger partial charge in [0.05, 0.1) is 0 Å². The maximum absolute atomic E-state index is 3.95. The molecule has 0 amide bonds. The maximum Gasteiger partial charge on any atom is 0.00198 e. The van der Waals surface area contributed by atoms with Crippen molar-refractivity contribution in [3.05, 3.63) is 12.2 Å². The SMILES string of the molecule is C=C(C)C1CNCC1C. The van der Waals surface area contributed by atoms with E-state index in [1.54, 1.807) is 0 Å². The van der Waals surface area contributed by atoms with Gasteiger partial charge >= 0.3 is 0 Å². The molecule has 0 aromatic rings. The summed E-state index contributed by atoms with van der Waals surface area (Å²) in [4.78, 5) is 0. The summed E-state index contributed by atoms with van der Waals surface area (Å²) in [5, 5.41) is 3.34. The van der Waals surface area contributed by atoms with Gasteiger partial charge in [0.25, 0.3) is 0 Å². The quantitative estimate of drug-likeness (QED) is 0.523. The summed E-state index contributed by atoms with van der Waals surface area (Å²) in [7, 11) is 0. The average molecular weight is 125 g/mol. The number of hydrogen-bond acceptors (Lipinski definition) is 1. The van der Waals surface area contributed by atoms with Crippen LogP contribution in [0.2, 0.25) is 0 Å². The molecule has 1 N–H and O–H groups in total. The van der Waals surface area contributed by atoms with Crippen LogP contribution in [-0.2, 0) is 0 Å². The smallest absolute Gasteiger partial charge is 0.00198 e. The Morgan fingerprint density at radius 2 is 2.22 bits per heavy atom. The Balaban J connectivity index is 2.49. The van der Waals surface area contributed by atoms with Crippen LogP contribution in [0.1, 0.15) is 13.8 Å². The average Bonchev–Trinajstić information content (AvgIpc) is 2.13. The van der Waals surface area contributed by atoms with E-state index in [-0.39, 0.29) is 0 Å². The summed E-state index contributed by atoms with van der Waals surface area (Å²) in [6.45, 7) is 10.6. The van der Waals surface area contributed by atoms with Crippen LogP contribution in [0.25, 0.3) is 0 Å². The molecule has 1 rings (SSSR count). The molecule has 1 heterocycles. The molecule has 1 aliphatic heterocycles. The first-order valence-electron chi connectivity index (χ1n) is 3.58. The van der Waals surface area contributed by atoms with E-state index in [9.17, 15) is 0 Å². The Kier molecular flexibility index (Phi) is 1.91. The molecule has 52 valence electrons. The summed E-state index contributed by atoms with van der Waals surface area (Å²) in [6, 6.07) is 0. The number of hydrogen-bond donors (Lipinski definition) is 1. The fraction of sp³-hybridized carbons (Fsp3) is 0.750. The molecule has 0 bridgehead atoms. The largest absolute Gasteiger partial charge is 0.316 e. The molecular formula is C8H15N. The maximum atomic E-state index is 3.95. The van der Waals surface area contributed by atoms with Crippen molar-refractivity contribution in [2.24, 2.45) is 11.8 Å². The lowest BCUT2D eigenvalue weighted by atomic mass is 9.92. The molecule has 0 spiro atoms. The molecule has 1 nitrogen and oxygen atoms in total. The number of nitrogens with one attached hydrogen (secondary N) is 1. The second kappa shape index (κ2) is 2.53. The van der Waals surface area contributed by atoms with Crippen molar-refractivity contribution in [2.45, 2.75) is 13.8 Å². The van der Waals surface area contributed by atoms with Gasteiger partial charge < -0.3 is 5.32 Å².